The minimum absolute atomic E-state index is 0.418. The number of hydrogen-bond donors (Lipinski definition) is 0. The molecule has 0 radical (unpaired) electrons. The van der Waals surface area contributed by atoms with E-state index in [0.29, 0.717) is 0 Å². The molecule has 0 aliphatic carbocycles. The predicted octanol–water partition coefficient (Wildman–Crippen LogP) is 5.52. The average Bonchev–Trinajstić information content (AvgIpc) is 2.29. The van der Waals surface area contributed by atoms with E-state index in [-0.39, 0.29) is 0 Å². The van der Waals surface area contributed by atoms with E-state index in [2.05, 4.69) is 20.1 Å². The van der Waals surface area contributed by atoms with Crippen LogP contribution in [0.1, 0.15) is 34.1 Å². The highest BCUT2D eigenvalue weighted by atomic mass is 19.1. The van der Waals surface area contributed by atoms with Crippen LogP contribution in [-0.4, -0.2) is 0 Å². The first kappa shape index (κ1) is 17.0. The summed E-state index contributed by atoms with van der Waals surface area (Å²) in [5.74, 6) is -0.418. The molecule has 1 heteroatoms. The Hall–Kier alpha value is -1.37. The van der Waals surface area contributed by atoms with Gasteiger partial charge >= 0.3 is 0 Å². The first-order valence-electron chi connectivity index (χ1n) is 5.46. The van der Waals surface area contributed by atoms with Crippen molar-refractivity contribution in [2.24, 2.45) is 0 Å². The Morgan fingerprint density at radius 3 is 1.94 bits per heavy atom. The molecule has 0 saturated heterocycles. The van der Waals surface area contributed by atoms with Crippen LogP contribution in [0.15, 0.2) is 60.5 Å². The summed E-state index contributed by atoms with van der Waals surface area (Å²) in [5.41, 5.74) is 2.16. The standard InChI is InChI=1S/C11H15F.C4H8/c1-5-9(3)11(6-2)8-7-10(4)12;1-3-4-2/h5-8H,4H2,1-3H3;3H,1,4H2,2H3/b8-7-,9-5+,11-6+;. The molecule has 90 valence electrons. The summed E-state index contributed by atoms with van der Waals surface area (Å²) >= 11 is 0. The van der Waals surface area contributed by atoms with E-state index >= 15 is 0 Å². The molecule has 0 spiro atoms. The summed E-state index contributed by atoms with van der Waals surface area (Å²) < 4.78 is 12.2. The van der Waals surface area contributed by atoms with E-state index in [0.717, 1.165) is 17.6 Å². The first-order valence-corrected chi connectivity index (χ1v) is 5.46. The third-order valence-electron chi connectivity index (χ3n) is 1.93. The second-order valence-electron chi connectivity index (χ2n) is 3.19. The Bertz CT molecular complexity index is 291. The SMILES string of the molecule is C=C(F)\C=C/C(=C\C)C(/C)=C/C.C=CCC. The fraction of sp³-hybridized carbons (Fsp3) is 0.333. The van der Waals surface area contributed by atoms with Crippen molar-refractivity contribution < 1.29 is 4.39 Å². The molecule has 0 fully saturated rings. The summed E-state index contributed by atoms with van der Waals surface area (Å²) in [4.78, 5) is 0. The van der Waals surface area contributed by atoms with Gasteiger partial charge in [0.1, 0.15) is 5.83 Å². The normalized spacial score (nSPS) is 12.1. The topological polar surface area (TPSA) is 0 Å². The fourth-order valence-electron chi connectivity index (χ4n) is 0.802. The minimum atomic E-state index is -0.418. The molecule has 0 aromatic heterocycles. The van der Waals surface area contributed by atoms with Crippen LogP contribution in [0.25, 0.3) is 0 Å². The molecular formula is C15H23F. The second-order valence-corrected chi connectivity index (χ2v) is 3.19. The molecule has 0 heterocycles. The lowest BCUT2D eigenvalue weighted by atomic mass is 10.1. The van der Waals surface area contributed by atoms with E-state index in [4.69, 9.17) is 0 Å². The van der Waals surface area contributed by atoms with Crippen molar-refractivity contribution in [3.05, 3.63) is 60.5 Å². The molecule has 0 amide bonds. The molecule has 0 aliphatic heterocycles. The van der Waals surface area contributed by atoms with Gasteiger partial charge in [-0.3, -0.25) is 0 Å². The second kappa shape index (κ2) is 11.7. The van der Waals surface area contributed by atoms with E-state index in [1.165, 1.54) is 6.08 Å². The molecule has 16 heavy (non-hydrogen) atoms. The van der Waals surface area contributed by atoms with Crippen molar-refractivity contribution >= 4 is 0 Å². The Labute approximate surface area is 99.6 Å². The summed E-state index contributed by atoms with van der Waals surface area (Å²) in [7, 11) is 0. The van der Waals surface area contributed by atoms with Gasteiger partial charge in [-0.05, 0) is 44.4 Å². The maximum absolute atomic E-state index is 12.2. The lowest BCUT2D eigenvalue weighted by Gasteiger charge is -1.99. The van der Waals surface area contributed by atoms with Gasteiger partial charge < -0.3 is 0 Å². The molecule has 0 aromatic rings. The molecule has 0 unspecified atom stereocenters. The molecule has 0 rings (SSSR count). The third kappa shape index (κ3) is 10.7. The molecule has 0 bridgehead atoms. The summed E-state index contributed by atoms with van der Waals surface area (Å²) in [6.45, 7) is 14.6. The third-order valence-corrected chi connectivity index (χ3v) is 1.93. The smallest absolute Gasteiger partial charge is 0.116 e. The zero-order valence-electron chi connectivity index (χ0n) is 10.9. The zero-order chi connectivity index (χ0) is 13.0. The van der Waals surface area contributed by atoms with Crippen LogP contribution in [-0.2, 0) is 0 Å². The van der Waals surface area contributed by atoms with E-state index in [1.807, 2.05) is 39.0 Å². The van der Waals surface area contributed by atoms with Crippen LogP contribution in [0.5, 0.6) is 0 Å². The monoisotopic (exact) mass is 222 g/mol. The maximum Gasteiger partial charge on any atom is 0.116 e. The Balaban J connectivity index is 0. The van der Waals surface area contributed by atoms with E-state index in [1.54, 1.807) is 6.08 Å². The van der Waals surface area contributed by atoms with E-state index in [9.17, 15) is 4.39 Å². The maximum atomic E-state index is 12.2. The highest BCUT2D eigenvalue weighted by Crippen LogP contribution is 2.11. The fourth-order valence-corrected chi connectivity index (χ4v) is 0.802. The van der Waals surface area contributed by atoms with Crippen molar-refractivity contribution in [3.63, 3.8) is 0 Å². The van der Waals surface area contributed by atoms with Crippen LogP contribution < -0.4 is 0 Å². The summed E-state index contributed by atoms with van der Waals surface area (Å²) in [6, 6.07) is 0. The first-order chi connectivity index (χ1) is 7.53. The Morgan fingerprint density at radius 2 is 1.69 bits per heavy atom. The van der Waals surface area contributed by atoms with Gasteiger partial charge in [-0.15, -0.1) is 6.58 Å². The van der Waals surface area contributed by atoms with Gasteiger partial charge in [0.15, 0.2) is 0 Å². The predicted molar refractivity (Wildman–Crippen MR) is 73.1 cm³/mol. The lowest BCUT2D eigenvalue weighted by Crippen LogP contribution is -1.79. The molecule has 0 aliphatic rings. The molecule has 0 atom stereocenters. The van der Waals surface area contributed by atoms with Crippen LogP contribution in [0.4, 0.5) is 4.39 Å². The Kier molecular flexibility index (Phi) is 12.5. The van der Waals surface area contributed by atoms with Crippen molar-refractivity contribution in [2.45, 2.75) is 34.1 Å². The Morgan fingerprint density at radius 1 is 1.19 bits per heavy atom. The summed E-state index contributed by atoms with van der Waals surface area (Å²) in [6.07, 6.45) is 9.97. The molecule has 0 nitrogen and oxygen atoms in total. The van der Waals surface area contributed by atoms with Crippen LogP contribution >= 0.6 is 0 Å². The van der Waals surface area contributed by atoms with Crippen molar-refractivity contribution in [2.75, 3.05) is 0 Å². The number of hydrogen-bond acceptors (Lipinski definition) is 0. The highest BCUT2D eigenvalue weighted by molar-refractivity contribution is 5.39. The van der Waals surface area contributed by atoms with Gasteiger partial charge in [0.05, 0.1) is 0 Å². The van der Waals surface area contributed by atoms with Gasteiger partial charge in [-0.2, -0.15) is 0 Å². The van der Waals surface area contributed by atoms with E-state index < -0.39 is 5.83 Å². The van der Waals surface area contributed by atoms with Crippen molar-refractivity contribution in [1.82, 2.24) is 0 Å². The summed E-state index contributed by atoms with van der Waals surface area (Å²) in [5, 5.41) is 0. The molecule has 0 aromatic carbocycles. The molecule has 0 saturated carbocycles. The minimum Gasteiger partial charge on any atom is -0.208 e. The van der Waals surface area contributed by atoms with Gasteiger partial charge in [0, 0.05) is 0 Å². The van der Waals surface area contributed by atoms with Crippen LogP contribution in [0.3, 0.4) is 0 Å². The lowest BCUT2D eigenvalue weighted by molar-refractivity contribution is 0.671. The van der Waals surface area contributed by atoms with Crippen LogP contribution in [0, 0.1) is 0 Å². The highest BCUT2D eigenvalue weighted by Gasteiger charge is 1.91. The van der Waals surface area contributed by atoms with Crippen LogP contribution in [0.2, 0.25) is 0 Å². The average molecular weight is 222 g/mol. The number of halogens is 1. The van der Waals surface area contributed by atoms with Gasteiger partial charge in [-0.1, -0.05) is 37.8 Å². The van der Waals surface area contributed by atoms with Crippen molar-refractivity contribution in [1.29, 1.82) is 0 Å². The number of rotatable bonds is 4. The van der Waals surface area contributed by atoms with Gasteiger partial charge in [0.25, 0.3) is 0 Å². The quantitative estimate of drug-likeness (QED) is 0.434. The molecular weight excluding hydrogens is 199 g/mol. The van der Waals surface area contributed by atoms with Crippen molar-refractivity contribution in [3.8, 4) is 0 Å². The van der Waals surface area contributed by atoms with Gasteiger partial charge in [-0.25, -0.2) is 4.39 Å². The van der Waals surface area contributed by atoms with Gasteiger partial charge in [0.2, 0.25) is 0 Å². The zero-order valence-corrected chi connectivity index (χ0v) is 10.9. The molecule has 0 N–H and O–H groups in total. The largest absolute Gasteiger partial charge is 0.208 e. The number of allylic oxidation sites excluding steroid dienone is 8.